The third-order valence-corrected chi connectivity index (χ3v) is 6.89. The van der Waals surface area contributed by atoms with Gasteiger partial charge in [-0.1, -0.05) is 55.5 Å². The largest absolute Gasteiger partial charge is 0.381 e. The van der Waals surface area contributed by atoms with E-state index in [2.05, 4.69) is 47.3 Å². The number of likely N-dealkylation sites (N-methyl/N-ethyl adjacent to an activating group) is 1. The number of thioether (sulfide) groups is 1. The Bertz CT molecular complexity index is 1050. The average Bonchev–Trinajstić information content (AvgIpc) is 3.20. The van der Waals surface area contributed by atoms with Gasteiger partial charge in [0.15, 0.2) is 0 Å². The van der Waals surface area contributed by atoms with E-state index in [9.17, 15) is 4.79 Å². The van der Waals surface area contributed by atoms with Crippen molar-refractivity contribution in [1.82, 2.24) is 14.8 Å². The minimum atomic E-state index is 0.0140. The smallest absolute Gasteiger partial charge is 0.257 e. The van der Waals surface area contributed by atoms with Gasteiger partial charge in [-0.15, -0.1) is 11.8 Å². The molecule has 1 aliphatic rings. The molecule has 1 aromatic heterocycles. The molecule has 1 atom stereocenters. The monoisotopic (exact) mass is 405 g/mol. The standard InChI is InChI=1S/C24H27N3OS/c1-4-14-29-24-22(25-15-17-10-6-5-7-11-17)21(23(28)27(24)3)19-16-26(2)20-13-9-8-12-18(19)20/h5-13,16,24-25H,4,14-15H2,1-3H3. The van der Waals surface area contributed by atoms with Crippen molar-refractivity contribution in [3.8, 4) is 0 Å². The first-order valence-corrected chi connectivity index (χ1v) is 11.1. The minimum Gasteiger partial charge on any atom is -0.381 e. The molecule has 29 heavy (non-hydrogen) atoms. The van der Waals surface area contributed by atoms with Gasteiger partial charge in [-0.25, -0.2) is 0 Å². The zero-order valence-electron chi connectivity index (χ0n) is 17.2. The van der Waals surface area contributed by atoms with E-state index in [1.54, 1.807) is 0 Å². The molecule has 2 aromatic carbocycles. The minimum absolute atomic E-state index is 0.0140. The Kier molecular flexibility index (Phi) is 5.67. The summed E-state index contributed by atoms with van der Waals surface area (Å²) in [5.74, 6) is 1.10. The van der Waals surface area contributed by atoms with E-state index in [0.717, 1.165) is 39.9 Å². The first kappa shape index (κ1) is 19.6. The molecule has 0 aliphatic carbocycles. The van der Waals surface area contributed by atoms with Crippen LogP contribution in [0.25, 0.3) is 16.5 Å². The van der Waals surface area contributed by atoms with Crippen LogP contribution in [0.1, 0.15) is 24.5 Å². The van der Waals surface area contributed by atoms with Gasteiger partial charge in [0, 0.05) is 43.3 Å². The highest BCUT2D eigenvalue weighted by atomic mass is 32.2. The summed E-state index contributed by atoms with van der Waals surface area (Å²) in [6.45, 7) is 2.88. The number of nitrogens with one attached hydrogen (secondary N) is 1. The highest BCUT2D eigenvalue weighted by Gasteiger charge is 2.38. The molecule has 5 heteroatoms. The number of aromatic nitrogens is 1. The lowest BCUT2D eigenvalue weighted by atomic mass is 10.0. The Labute approximate surface area is 176 Å². The van der Waals surface area contributed by atoms with E-state index < -0.39 is 0 Å². The molecule has 0 saturated carbocycles. The van der Waals surface area contributed by atoms with Gasteiger partial charge in [0.1, 0.15) is 5.37 Å². The van der Waals surface area contributed by atoms with Gasteiger partial charge < -0.3 is 14.8 Å². The van der Waals surface area contributed by atoms with E-state index in [1.165, 1.54) is 5.56 Å². The maximum atomic E-state index is 13.4. The van der Waals surface area contributed by atoms with Crippen molar-refractivity contribution < 1.29 is 4.79 Å². The lowest BCUT2D eigenvalue weighted by molar-refractivity contribution is -0.122. The summed E-state index contributed by atoms with van der Waals surface area (Å²) in [5, 5.41) is 4.76. The van der Waals surface area contributed by atoms with Crippen molar-refractivity contribution in [2.75, 3.05) is 12.8 Å². The molecule has 2 heterocycles. The van der Waals surface area contributed by atoms with E-state index >= 15 is 0 Å². The summed E-state index contributed by atoms with van der Waals surface area (Å²) in [6, 6.07) is 18.6. The van der Waals surface area contributed by atoms with Crippen molar-refractivity contribution in [3.63, 3.8) is 0 Å². The Morgan fingerprint density at radius 2 is 1.76 bits per heavy atom. The molecule has 150 valence electrons. The van der Waals surface area contributed by atoms with Gasteiger partial charge in [-0.05, 0) is 23.8 Å². The van der Waals surface area contributed by atoms with E-state index in [-0.39, 0.29) is 11.3 Å². The van der Waals surface area contributed by atoms with Gasteiger partial charge in [-0.3, -0.25) is 4.79 Å². The zero-order chi connectivity index (χ0) is 20.4. The molecule has 0 bridgehead atoms. The van der Waals surface area contributed by atoms with E-state index in [0.29, 0.717) is 6.54 Å². The average molecular weight is 406 g/mol. The molecule has 1 aliphatic heterocycles. The molecule has 1 amide bonds. The molecule has 0 fully saturated rings. The van der Waals surface area contributed by atoms with Gasteiger partial charge in [0.05, 0.1) is 11.3 Å². The van der Waals surface area contributed by atoms with Crippen molar-refractivity contribution >= 4 is 34.1 Å². The number of hydrogen-bond acceptors (Lipinski definition) is 3. The van der Waals surface area contributed by atoms with Crippen molar-refractivity contribution in [2.45, 2.75) is 25.3 Å². The summed E-state index contributed by atoms with van der Waals surface area (Å²) in [4.78, 5) is 15.2. The molecule has 0 radical (unpaired) electrons. The predicted molar refractivity (Wildman–Crippen MR) is 122 cm³/mol. The van der Waals surface area contributed by atoms with Crippen LogP contribution in [0.2, 0.25) is 0 Å². The molecule has 4 rings (SSSR count). The first-order valence-electron chi connectivity index (χ1n) is 10.1. The normalized spacial score (nSPS) is 16.9. The third kappa shape index (κ3) is 3.67. The highest BCUT2D eigenvalue weighted by molar-refractivity contribution is 8.00. The molecular weight excluding hydrogens is 378 g/mol. The van der Waals surface area contributed by atoms with E-state index in [1.807, 2.05) is 61.1 Å². The zero-order valence-corrected chi connectivity index (χ0v) is 18.0. The number of nitrogens with zero attached hydrogens (tertiary/aromatic N) is 2. The Morgan fingerprint density at radius 1 is 1.03 bits per heavy atom. The van der Waals surface area contributed by atoms with Crippen LogP contribution in [0, 0.1) is 0 Å². The fraction of sp³-hybridized carbons (Fsp3) is 0.292. The van der Waals surface area contributed by atoms with Crippen LogP contribution < -0.4 is 5.32 Å². The van der Waals surface area contributed by atoms with Gasteiger partial charge in [0.2, 0.25) is 0 Å². The fourth-order valence-corrected chi connectivity index (χ4v) is 5.06. The number of benzene rings is 2. The maximum Gasteiger partial charge on any atom is 0.257 e. The molecule has 3 aromatic rings. The molecule has 1 N–H and O–H groups in total. The SMILES string of the molecule is CCCSC1C(NCc2ccccc2)=C(c2cn(C)c3ccccc23)C(=O)N1C. The highest BCUT2D eigenvalue weighted by Crippen LogP contribution is 2.39. The molecule has 0 saturated heterocycles. The number of amides is 1. The number of aryl methyl sites for hydroxylation is 1. The fourth-order valence-electron chi connectivity index (χ4n) is 3.91. The predicted octanol–water partition coefficient (Wildman–Crippen LogP) is 4.62. The van der Waals surface area contributed by atoms with Crippen molar-refractivity contribution in [3.05, 3.63) is 77.6 Å². The topological polar surface area (TPSA) is 37.3 Å². The molecule has 4 nitrogen and oxygen atoms in total. The second-order valence-electron chi connectivity index (χ2n) is 7.44. The Balaban J connectivity index is 1.80. The number of fused-ring (bicyclic) bond motifs is 1. The van der Waals surface area contributed by atoms with Gasteiger partial charge >= 0.3 is 0 Å². The quantitative estimate of drug-likeness (QED) is 0.623. The molecular formula is C24H27N3OS. The summed E-state index contributed by atoms with van der Waals surface area (Å²) >= 11 is 1.83. The summed E-state index contributed by atoms with van der Waals surface area (Å²) in [5.41, 5.74) is 5.18. The maximum absolute atomic E-state index is 13.4. The van der Waals surface area contributed by atoms with Crippen LogP contribution in [0.15, 0.2) is 66.5 Å². The number of carbonyl (C=O) groups is 1. The Morgan fingerprint density at radius 3 is 2.52 bits per heavy atom. The summed E-state index contributed by atoms with van der Waals surface area (Å²) in [6.07, 6.45) is 3.17. The molecule has 0 spiro atoms. The first-order chi connectivity index (χ1) is 14.1. The van der Waals surface area contributed by atoms with Gasteiger partial charge in [-0.2, -0.15) is 0 Å². The van der Waals surface area contributed by atoms with Crippen LogP contribution in [0.5, 0.6) is 0 Å². The Hall–Kier alpha value is -2.66. The molecule has 1 unspecified atom stereocenters. The van der Waals surface area contributed by atoms with Crippen molar-refractivity contribution in [1.29, 1.82) is 0 Å². The number of para-hydroxylation sites is 1. The summed E-state index contributed by atoms with van der Waals surface area (Å²) in [7, 11) is 3.95. The third-order valence-electron chi connectivity index (χ3n) is 5.37. The number of carbonyl (C=O) groups excluding carboxylic acids is 1. The second kappa shape index (κ2) is 8.37. The number of rotatable bonds is 7. The van der Waals surface area contributed by atoms with Crippen LogP contribution in [0.3, 0.4) is 0 Å². The van der Waals surface area contributed by atoms with Gasteiger partial charge in [0.25, 0.3) is 5.91 Å². The van der Waals surface area contributed by atoms with E-state index in [4.69, 9.17) is 0 Å². The number of hydrogen-bond donors (Lipinski definition) is 1. The van der Waals surface area contributed by atoms with Crippen LogP contribution in [-0.2, 0) is 18.4 Å². The lowest BCUT2D eigenvalue weighted by Crippen LogP contribution is -2.32. The van der Waals surface area contributed by atoms with Crippen LogP contribution >= 0.6 is 11.8 Å². The second-order valence-corrected chi connectivity index (χ2v) is 8.63. The lowest BCUT2D eigenvalue weighted by Gasteiger charge is -2.23. The van der Waals surface area contributed by atoms with Crippen LogP contribution in [-0.4, -0.2) is 33.5 Å². The summed E-state index contributed by atoms with van der Waals surface area (Å²) < 4.78 is 2.10. The van der Waals surface area contributed by atoms with Crippen LogP contribution in [0.4, 0.5) is 0 Å². The van der Waals surface area contributed by atoms with Crippen molar-refractivity contribution in [2.24, 2.45) is 7.05 Å².